The van der Waals surface area contributed by atoms with Crippen molar-refractivity contribution in [2.24, 2.45) is 0 Å². The number of Topliss-reactive ketones (excluding diaryl/α,β-unsaturated/α-hetero) is 1. The zero-order valence-electron chi connectivity index (χ0n) is 10.3. The van der Waals surface area contributed by atoms with Gasteiger partial charge in [-0.15, -0.1) is 0 Å². The van der Waals surface area contributed by atoms with Crippen molar-refractivity contribution in [3.8, 4) is 11.5 Å². The Morgan fingerprint density at radius 1 is 1.21 bits per heavy atom. The van der Waals surface area contributed by atoms with Crippen LogP contribution in [0.15, 0.2) is 42.5 Å². The van der Waals surface area contributed by atoms with E-state index in [4.69, 9.17) is 16.3 Å². The van der Waals surface area contributed by atoms with Gasteiger partial charge in [-0.05, 0) is 30.3 Å². The molecule has 0 saturated carbocycles. The zero-order valence-corrected chi connectivity index (χ0v) is 11.1. The van der Waals surface area contributed by atoms with E-state index in [1.54, 1.807) is 31.2 Å². The lowest BCUT2D eigenvalue weighted by molar-refractivity contribution is 0.0986. The third-order valence-corrected chi connectivity index (χ3v) is 2.92. The quantitative estimate of drug-likeness (QED) is 0.746. The number of carbonyl (C=O) groups excluding carboxylic acids is 1. The number of ether oxygens (including phenoxy) is 1. The SMILES string of the molecule is CCC(=O)c1ccccc1Oc1ccc(F)cc1Cl. The second-order valence-electron chi connectivity index (χ2n) is 3.95. The Bertz CT molecular complexity index is 611. The molecule has 0 unspecified atom stereocenters. The third kappa shape index (κ3) is 3.12. The van der Waals surface area contributed by atoms with Crippen LogP contribution in [0, 0.1) is 5.82 Å². The van der Waals surface area contributed by atoms with E-state index in [9.17, 15) is 9.18 Å². The maximum Gasteiger partial charge on any atom is 0.166 e. The van der Waals surface area contributed by atoms with E-state index in [1.807, 2.05) is 0 Å². The van der Waals surface area contributed by atoms with Gasteiger partial charge in [0.25, 0.3) is 0 Å². The molecule has 0 bridgehead atoms. The Hall–Kier alpha value is -1.87. The van der Waals surface area contributed by atoms with Crippen LogP contribution in [0.3, 0.4) is 0 Å². The monoisotopic (exact) mass is 278 g/mol. The summed E-state index contributed by atoms with van der Waals surface area (Å²) >= 11 is 5.90. The highest BCUT2D eigenvalue weighted by atomic mass is 35.5. The van der Waals surface area contributed by atoms with Gasteiger partial charge in [0.05, 0.1) is 10.6 Å². The Morgan fingerprint density at radius 2 is 1.95 bits per heavy atom. The number of halogens is 2. The van der Waals surface area contributed by atoms with Crippen molar-refractivity contribution in [2.45, 2.75) is 13.3 Å². The van der Waals surface area contributed by atoms with Crippen molar-refractivity contribution < 1.29 is 13.9 Å². The molecule has 98 valence electrons. The molecule has 2 aromatic carbocycles. The molecule has 2 rings (SSSR count). The average molecular weight is 279 g/mol. The summed E-state index contributed by atoms with van der Waals surface area (Å²) in [6.07, 6.45) is 0.386. The molecule has 0 N–H and O–H groups in total. The second kappa shape index (κ2) is 5.85. The molecular weight excluding hydrogens is 267 g/mol. The lowest BCUT2D eigenvalue weighted by Crippen LogP contribution is -2.00. The Balaban J connectivity index is 2.35. The minimum absolute atomic E-state index is 0.0196. The smallest absolute Gasteiger partial charge is 0.166 e. The van der Waals surface area contributed by atoms with Crippen molar-refractivity contribution in [3.05, 3.63) is 58.9 Å². The van der Waals surface area contributed by atoms with Crippen LogP contribution in [-0.4, -0.2) is 5.78 Å². The number of para-hydroxylation sites is 1. The summed E-state index contributed by atoms with van der Waals surface area (Å²) in [7, 11) is 0. The summed E-state index contributed by atoms with van der Waals surface area (Å²) in [6.45, 7) is 1.78. The minimum Gasteiger partial charge on any atom is -0.455 e. The molecule has 0 heterocycles. The fourth-order valence-corrected chi connectivity index (χ4v) is 1.86. The van der Waals surface area contributed by atoms with Crippen LogP contribution in [0.2, 0.25) is 5.02 Å². The highest BCUT2D eigenvalue weighted by Crippen LogP contribution is 2.32. The van der Waals surface area contributed by atoms with E-state index in [-0.39, 0.29) is 10.8 Å². The molecule has 2 nitrogen and oxygen atoms in total. The lowest BCUT2D eigenvalue weighted by Gasteiger charge is -2.11. The Morgan fingerprint density at radius 3 is 2.63 bits per heavy atom. The van der Waals surface area contributed by atoms with Crippen molar-refractivity contribution in [2.75, 3.05) is 0 Å². The fourth-order valence-electron chi connectivity index (χ4n) is 1.65. The van der Waals surface area contributed by atoms with Gasteiger partial charge < -0.3 is 4.74 Å². The number of ketones is 1. The predicted octanol–water partition coefficient (Wildman–Crippen LogP) is 4.86. The van der Waals surface area contributed by atoms with Gasteiger partial charge in [0.1, 0.15) is 17.3 Å². The number of hydrogen-bond donors (Lipinski definition) is 0. The largest absolute Gasteiger partial charge is 0.455 e. The standard InChI is InChI=1S/C15H12ClFO2/c1-2-13(18)11-5-3-4-6-14(11)19-15-8-7-10(17)9-12(15)16/h3-9H,2H2,1H3. The van der Waals surface area contributed by atoms with E-state index < -0.39 is 5.82 Å². The van der Waals surface area contributed by atoms with Gasteiger partial charge in [-0.1, -0.05) is 30.7 Å². The van der Waals surface area contributed by atoms with E-state index in [2.05, 4.69) is 0 Å². The van der Waals surface area contributed by atoms with Crippen LogP contribution in [0.25, 0.3) is 0 Å². The molecule has 0 aliphatic carbocycles. The molecule has 0 amide bonds. The summed E-state index contributed by atoms with van der Waals surface area (Å²) in [6, 6.07) is 10.8. The highest BCUT2D eigenvalue weighted by Gasteiger charge is 2.12. The van der Waals surface area contributed by atoms with Crippen molar-refractivity contribution in [1.29, 1.82) is 0 Å². The van der Waals surface area contributed by atoms with Crippen molar-refractivity contribution >= 4 is 17.4 Å². The van der Waals surface area contributed by atoms with E-state index in [0.29, 0.717) is 23.5 Å². The summed E-state index contributed by atoms with van der Waals surface area (Å²) < 4.78 is 18.6. The third-order valence-electron chi connectivity index (χ3n) is 2.62. The number of rotatable bonds is 4. The van der Waals surface area contributed by atoms with Crippen molar-refractivity contribution in [3.63, 3.8) is 0 Å². The molecule has 0 aromatic heterocycles. The minimum atomic E-state index is -0.435. The van der Waals surface area contributed by atoms with E-state index in [1.165, 1.54) is 18.2 Å². The summed E-state index contributed by atoms with van der Waals surface area (Å²) in [5.41, 5.74) is 0.491. The normalized spacial score (nSPS) is 10.3. The van der Waals surface area contributed by atoms with Crippen molar-refractivity contribution in [1.82, 2.24) is 0 Å². The zero-order chi connectivity index (χ0) is 13.8. The first-order valence-corrected chi connectivity index (χ1v) is 6.24. The summed E-state index contributed by atoms with van der Waals surface area (Å²) in [4.78, 5) is 11.8. The van der Waals surface area contributed by atoms with E-state index in [0.717, 1.165) is 0 Å². The van der Waals surface area contributed by atoms with E-state index >= 15 is 0 Å². The molecule has 0 fully saturated rings. The summed E-state index contributed by atoms with van der Waals surface area (Å²) in [5, 5.41) is 0.166. The van der Waals surface area contributed by atoms with Crippen LogP contribution in [-0.2, 0) is 0 Å². The van der Waals surface area contributed by atoms with Gasteiger partial charge in [-0.3, -0.25) is 4.79 Å². The first kappa shape index (κ1) is 13.6. The van der Waals surface area contributed by atoms with Crippen LogP contribution in [0.4, 0.5) is 4.39 Å². The van der Waals surface area contributed by atoms with Gasteiger partial charge in [0, 0.05) is 6.42 Å². The molecule has 0 atom stereocenters. The second-order valence-corrected chi connectivity index (χ2v) is 4.36. The average Bonchev–Trinajstić information content (AvgIpc) is 2.41. The molecule has 0 radical (unpaired) electrons. The highest BCUT2D eigenvalue weighted by molar-refractivity contribution is 6.32. The van der Waals surface area contributed by atoms with Gasteiger partial charge in [0.15, 0.2) is 5.78 Å². The topological polar surface area (TPSA) is 26.3 Å². The molecule has 0 aliphatic rings. The molecule has 0 spiro atoms. The maximum atomic E-state index is 13.0. The molecular formula is C15H12ClFO2. The number of benzene rings is 2. The number of hydrogen-bond acceptors (Lipinski definition) is 2. The van der Waals surface area contributed by atoms with Crippen LogP contribution in [0.1, 0.15) is 23.7 Å². The predicted molar refractivity (Wildman–Crippen MR) is 72.5 cm³/mol. The summed E-state index contributed by atoms with van der Waals surface area (Å²) in [5.74, 6) is 0.284. The van der Waals surface area contributed by atoms with Crippen LogP contribution >= 0.6 is 11.6 Å². The first-order chi connectivity index (χ1) is 9.11. The first-order valence-electron chi connectivity index (χ1n) is 5.87. The molecule has 4 heteroatoms. The van der Waals surface area contributed by atoms with Gasteiger partial charge in [-0.2, -0.15) is 0 Å². The molecule has 0 aliphatic heterocycles. The Kier molecular flexibility index (Phi) is 4.17. The van der Waals surface area contributed by atoms with Crippen LogP contribution in [0.5, 0.6) is 11.5 Å². The Labute approximate surface area is 115 Å². The molecule has 2 aromatic rings. The lowest BCUT2D eigenvalue weighted by atomic mass is 10.1. The fraction of sp³-hybridized carbons (Fsp3) is 0.133. The number of carbonyl (C=O) groups is 1. The molecule has 0 saturated heterocycles. The van der Waals surface area contributed by atoms with Gasteiger partial charge in [0.2, 0.25) is 0 Å². The van der Waals surface area contributed by atoms with Gasteiger partial charge >= 0.3 is 0 Å². The van der Waals surface area contributed by atoms with Gasteiger partial charge in [-0.25, -0.2) is 4.39 Å². The molecule has 19 heavy (non-hydrogen) atoms. The maximum absolute atomic E-state index is 13.0. The van der Waals surface area contributed by atoms with Crippen LogP contribution < -0.4 is 4.74 Å².